The zero-order chi connectivity index (χ0) is 36.5. The number of likely N-dealkylation sites (tertiary alicyclic amines) is 1. The highest BCUT2D eigenvalue weighted by atomic mass is 32.2. The van der Waals surface area contributed by atoms with Crippen molar-refractivity contribution in [2.75, 3.05) is 13.1 Å². The molecule has 4 aromatic rings. The van der Waals surface area contributed by atoms with Crippen LogP contribution in [0.5, 0.6) is 0 Å². The second kappa shape index (κ2) is 17.3. The molecular formula is C40H50N6O4S. The van der Waals surface area contributed by atoms with Crippen LogP contribution in [0.1, 0.15) is 62.7 Å². The number of para-hydroxylation sites is 1. The number of carbonyl (C=O) groups excluding carboxylic acids is 3. The molecule has 0 unspecified atom stereocenters. The first-order valence-electron chi connectivity index (χ1n) is 17.6. The topological polar surface area (TPSA) is 137 Å². The minimum atomic E-state index is -1.01. The Morgan fingerprint density at radius 1 is 0.941 bits per heavy atom. The Labute approximate surface area is 305 Å². The summed E-state index contributed by atoms with van der Waals surface area (Å²) in [6.45, 7) is 10.4. The fourth-order valence-corrected chi connectivity index (χ4v) is 7.56. The van der Waals surface area contributed by atoms with Crippen LogP contribution in [-0.4, -0.2) is 85.8 Å². The number of carbonyl (C=O) groups is 3. The molecule has 3 heterocycles. The summed E-state index contributed by atoms with van der Waals surface area (Å²) in [5.41, 5.74) is 2.56. The van der Waals surface area contributed by atoms with Crippen molar-refractivity contribution in [3.05, 3.63) is 108 Å². The van der Waals surface area contributed by atoms with E-state index >= 15 is 0 Å². The Bertz CT molecular complexity index is 1770. The molecule has 0 bridgehead atoms. The van der Waals surface area contributed by atoms with Crippen molar-refractivity contribution in [2.45, 2.75) is 88.2 Å². The fourth-order valence-electron chi connectivity index (χ4n) is 6.34. The second-order valence-electron chi connectivity index (χ2n) is 14.7. The molecule has 4 N–H and O–H groups in total. The molecule has 5 atom stereocenters. The van der Waals surface area contributed by atoms with Gasteiger partial charge in [-0.15, -0.1) is 0 Å². The van der Waals surface area contributed by atoms with E-state index in [0.717, 1.165) is 22.3 Å². The quantitative estimate of drug-likeness (QED) is 0.147. The lowest BCUT2D eigenvalue weighted by atomic mass is 9.98. The van der Waals surface area contributed by atoms with Gasteiger partial charge < -0.3 is 21.1 Å². The zero-order valence-corrected chi connectivity index (χ0v) is 30.9. The predicted octanol–water partition coefficient (Wildman–Crippen LogP) is 4.76. The first-order chi connectivity index (χ1) is 24.4. The summed E-state index contributed by atoms with van der Waals surface area (Å²) in [4.78, 5) is 51.7. The summed E-state index contributed by atoms with van der Waals surface area (Å²) in [6, 6.07) is 22.7. The highest BCUT2D eigenvalue weighted by Crippen LogP contribution is 2.31. The number of rotatable bonds is 14. The van der Waals surface area contributed by atoms with Crippen LogP contribution in [0.25, 0.3) is 10.9 Å². The SMILES string of the molecule is CC(C)[C@H](NC(=O)c1ccc2ccccc2n1)C(=O)N[C@@H](Cc1ccccc1)[C@H](O)CN1C[C@H](SCc2cccnc2)C[C@H]1C(=O)NC(C)(C)C. The van der Waals surface area contributed by atoms with Gasteiger partial charge in [0.1, 0.15) is 11.7 Å². The Hall–Kier alpha value is -4.32. The number of nitrogens with one attached hydrogen (secondary N) is 3. The van der Waals surface area contributed by atoms with E-state index in [9.17, 15) is 19.5 Å². The van der Waals surface area contributed by atoms with Crippen molar-refractivity contribution in [1.29, 1.82) is 0 Å². The summed E-state index contributed by atoms with van der Waals surface area (Å²) in [5, 5.41) is 22.1. The largest absolute Gasteiger partial charge is 0.390 e. The van der Waals surface area contributed by atoms with E-state index in [0.29, 0.717) is 24.9 Å². The Morgan fingerprint density at radius 2 is 1.67 bits per heavy atom. The molecule has 3 amide bonds. The maximum Gasteiger partial charge on any atom is 0.270 e. The highest BCUT2D eigenvalue weighted by Gasteiger charge is 2.40. The van der Waals surface area contributed by atoms with Crippen LogP contribution in [0.3, 0.4) is 0 Å². The molecule has 5 rings (SSSR count). The summed E-state index contributed by atoms with van der Waals surface area (Å²) in [5.74, 6) is -0.396. The number of hydrogen-bond donors (Lipinski definition) is 4. The van der Waals surface area contributed by atoms with Crippen molar-refractivity contribution in [3.63, 3.8) is 0 Å². The van der Waals surface area contributed by atoms with Gasteiger partial charge >= 0.3 is 0 Å². The van der Waals surface area contributed by atoms with Gasteiger partial charge in [0.05, 0.1) is 23.7 Å². The van der Waals surface area contributed by atoms with Crippen LogP contribution in [0.2, 0.25) is 0 Å². The summed E-state index contributed by atoms with van der Waals surface area (Å²) >= 11 is 1.78. The third-order valence-corrected chi connectivity index (χ3v) is 10.3. The van der Waals surface area contributed by atoms with Gasteiger partial charge in [0.15, 0.2) is 0 Å². The molecule has 11 heteroatoms. The number of aliphatic hydroxyl groups excluding tert-OH is 1. The molecule has 1 aliphatic heterocycles. The van der Waals surface area contributed by atoms with Crippen LogP contribution in [0, 0.1) is 5.92 Å². The van der Waals surface area contributed by atoms with Gasteiger partial charge in [-0.3, -0.25) is 24.3 Å². The molecule has 1 saturated heterocycles. The molecule has 2 aromatic carbocycles. The van der Waals surface area contributed by atoms with Gasteiger partial charge in [0.2, 0.25) is 11.8 Å². The smallest absolute Gasteiger partial charge is 0.270 e. The number of amides is 3. The normalized spacial score (nSPS) is 18.3. The molecule has 1 aliphatic rings. The van der Waals surface area contributed by atoms with Gasteiger partial charge in [-0.05, 0) is 68.9 Å². The Morgan fingerprint density at radius 3 is 2.37 bits per heavy atom. The Balaban J connectivity index is 1.32. The zero-order valence-electron chi connectivity index (χ0n) is 30.1. The summed E-state index contributed by atoms with van der Waals surface area (Å²) < 4.78 is 0. The number of thioether (sulfide) groups is 1. The molecule has 0 saturated carbocycles. The molecule has 0 aliphatic carbocycles. The number of pyridine rings is 2. The number of β-amino-alcohol motifs (C(OH)–C–C–N with tert-alkyl or cyclic N) is 1. The summed E-state index contributed by atoms with van der Waals surface area (Å²) in [7, 11) is 0. The maximum atomic E-state index is 14.0. The lowest BCUT2D eigenvalue weighted by Gasteiger charge is -2.33. The lowest BCUT2D eigenvalue weighted by molar-refractivity contribution is -0.128. The number of benzene rings is 2. The van der Waals surface area contributed by atoms with E-state index in [1.54, 1.807) is 24.0 Å². The van der Waals surface area contributed by atoms with Crippen LogP contribution < -0.4 is 16.0 Å². The molecule has 1 fully saturated rings. The lowest BCUT2D eigenvalue weighted by Crippen LogP contribution is -2.57. The average Bonchev–Trinajstić information content (AvgIpc) is 3.51. The van der Waals surface area contributed by atoms with Crippen molar-refractivity contribution in [3.8, 4) is 0 Å². The molecule has 51 heavy (non-hydrogen) atoms. The highest BCUT2D eigenvalue weighted by molar-refractivity contribution is 7.99. The van der Waals surface area contributed by atoms with E-state index in [1.807, 2.05) is 119 Å². The molecule has 2 aromatic heterocycles. The molecule has 0 spiro atoms. The van der Waals surface area contributed by atoms with Crippen molar-refractivity contribution >= 4 is 40.4 Å². The van der Waals surface area contributed by atoms with Gasteiger partial charge in [-0.25, -0.2) is 4.98 Å². The first kappa shape index (κ1) is 37.9. The molecule has 0 radical (unpaired) electrons. The second-order valence-corrected chi connectivity index (χ2v) is 16.0. The van der Waals surface area contributed by atoms with Gasteiger partial charge in [-0.1, -0.05) is 74.5 Å². The van der Waals surface area contributed by atoms with E-state index in [2.05, 4.69) is 25.9 Å². The van der Waals surface area contributed by atoms with Crippen LogP contribution in [-0.2, 0) is 21.8 Å². The minimum Gasteiger partial charge on any atom is -0.390 e. The third-order valence-electron chi connectivity index (χ3n) is 8.95. The van der Waals surface area contributed by atoms with E-state index < -0.39 is 41.6 Å². The molecule has 10 nitrogen and oxygen atoms in total. The van der Waals surface area contributed by atoms with Crippen LogP contribution in [0.15, 0.2) is 91.3 Å². The number of fused-ring (bicyclic) bond motifs is 1. The number of aromatic nitrogens is 2. The van der Waals surface area contributed by atoms with Crippen LogP contribution in [0.4, 0.5) is 0 Å². The standard InChI is InChI=1S/C40H50N6O4S/c1-26(2)36(44-37(48)32-18-17-29-15-9-10-16-31(29)42-32)39(50)43-33(20-27-12-7-6-8-13-27)35(47)24-46-23-30(51-25-28-14-11-19-41-22-28)21-34(46)38(49)45-40(3,4)5/h6-19,22,26,30,33-36,47H,20-21,23-25H2,1-5H3,(H,43,50)(H,44,48)(H,45,49)/t30-,33+,34+,35-,36+/m1/s1. The van der Waals surface area contributed by atoms with Crippen molar-refractivity contribution in [1.82, 2.24) is 30.8 Å². The van der Waals surface area contributed by atoms with Gasteiger partial charge in [0, 0.05) is 47.4 Å². The minimum absolute atomic E-state index is 0.0762. The Kier molecular flexibility index (Phi) is 12.8. The van der Waals surface area contributed by atoms with E-state index in [1.165, 1.54) is 0 Å². The van der Waals surface area contributed by atoms with Crippen LogP contribution >= 0.6 is 11.8 Å². The van der Waals surface area contributed by atoms with Crippen molar-refractivity contribution in [2.24, 2.45) is 5.92 Å². The first-order valence-corrected chi connectivity index (χ1v) is 18.7. The molecular weight excluding hydrogens is 661 g/mol. The fraction of sp³-hybridized carbons (Fsp3) is 0.425. The van der Waals surface area contributed by atoms with Gasteiger partial charge in [0.25, 0.3) is 5.91 Å². The third kappa shape index (κ3) is 10.8. The predicted molar refractivity (Wildman–Crippen MR) is 203 cm³/mol. The summed E-state index contributed by atoms with van der Waals surface area (Å²) in [6.07, 6.45) is 3.61. The number of hydrogen-bond acceptors (Lipinski definition) is 8. The van der Waals surface area contributed by atoms with E-state index in [4.69, 9.17) is 0 Å². The van der Waals surface area contributed by atoms with E-state index in [-0.39, 0.29) is 29.3 Å². The van der Waals surface area contributed by atoms with Crippen molar-refractivity contribution < 1.29 is 19.5 Å². The monoisotopic (exact) mass is 710 g/mol. The van der Waals surface area contributed by atoms with Gasteiger partial charge in [-0.2, -0.15) is 11.8 Å². The average molecular weight is 711 g/mol. The number of nitrogens with zero attached hydrogens (tertiary/aromatic N) is 3. The number of aliphatic hydroxyl groups is 1. The molecule has 270 valence electrons. The maximum absolute atomic E-state index is 14.0.